The molecule has 0 saturated heterocycles. The van der Waals surface area contributed by atoms with Crippen LogP contribution in [0.5, 0.6) is 0 Å². The number of nitro groups is 2. The van der Waals surface area contributed by atoms with Gasteiger partial charge in [0.2, 0.25) is 5.13 Å². The first-order valence-corrected chi connectivity index (χ1v) is 10.7. The second kappa shape index (κ2) is 9.84. The molecule has 0 fully saturated rings. The summed E-state index contributed by atoms with van der Waals surface area (Å²) in [7, 11) is 0. The maximum absolute atomic E-state index is 12.5. The number of anilines is 2. The van der Waals surface area contributed by atoms with Crippen molar-refractivity contribution >= 4 is 45.3 Å². The van der Waals surface area contributed by atoms with E-state index in [1.165, 1.54) is 48.5 Å². The minimum absolute atomic E-state index is 0.0424. The first kappa shape index (κ1) is 23.1. The number of rotatable bonds is 7. The molecule has 12 nitrogen and oxygen atoms in total. The smallest absolute Gasteiger partial charge is 0.269 e. The summed E-state index contributed by atoms with van der Waals surface area (Å²) >= 11 is 1.11. The van der Waals surface area contributed by atoms with Gasteiger partial charge in [-0.25, -0.2) is 0 Å². The molecule has 2 amide bonds. The van der Waals surface area contributed by atoms with Gasteiger partial charge in [-0.2, -0.15) is 0 Å². The Balaban J connectivity index is 1.37. The van der Waals surface area contributed by atoms with Crippen molar-refractivity contribution in [2.24, 2.45) is 0 Å². The van der Waals surface area contributed by atoms with E-state index in [4.69, 9.17) is 0 Å². The van der Waals surface area contributed by atoms with Gasteiger partial charge in [-0.05, 0) is 48.5 Å². The summed E-state index contributed by atoms with van der Waals surface area (Å²) in [6, 6.07) is 17.1. The molecule has 0 aliphatic rings. The molecule has 0 bridgehead atoms. The second-order valence-electron chi connectivity index (χ2n) is 7.01. The molecule has 1 heterocycles. The maximum Gasteiger partial charge on any atom is 0.269 e. The standard InChI is InChI=1S/C22H14N6O6S/c29-19(14-3-9-17(10-4-14)27(31)32)23-16-7-1-13(2-8-16)20(30)24-22-26-25-21(35-22)15-5-11-18(12-6-15)28(33)34/h1-12H,(H,23,29)(H,24,26,30). The van der Waals surface area contributed by atoms with Crippen LogP contribution in [0.25, 0.3) is 10.6 Å². The number of carbonyl (C=O) groups is 2. The number of nitro benzene ring substituents is 2. The minimum Gasteiger partial charge on any atom is -0.322 e. The molecule has 0 aliphatic carbocycles. The summed E-state index contributed by atoms with van der Waals surface area (Å²) < 4.78 is 0. The van der Waals surface area contributed by atoms with E-state index in [9.17, 15) is 29.8 Å². The molecule has 0 aliphatic heterocycles. The van der Waals surface area contributed by atoms with Crippen molar-refractivity contribution in [2.45, 2.75) is 0 Å². The van der Waals surface area contributed by atoms with E-state index in [1.807, 2.05) is 0 Å². The van der Waals surface area contributed by atoms with E-state index in [0.717, 1.165) is 11.3 Å². The molecular weight excluding hydrogens is 476 g/mol. The van der Waals surface area contributed by atoms with Gasteiger partial charge < -0.3 is 5.32 Å². The van der Waals surface area contributed by atoms with E-state index in [0.29, 0.717) is 21.8 Å². The Hall–Kier alpha value is -5.04. The predicted molar refractivity (Wildman–Crippen MR) is 127 cm³/mol. The Labute approximate surface area is 200 Å². The highest BCUT2D eigenvalue weighted by molar-refractivity contribution is 7.18. The normalized spacial score (nSPS) is 10.4. The Bertz CT molecular complexity index is 1420. The largest absolute Gasteiger partial charge is 0.322 e. The lowest BCUT2D eigenvalue weighted by Gasteiger charge is -2.06. The number of non-ortho nitro benzene ring substituents is 2. The van der Waals surface area contributed by atoms with Gasteiger partial charge >= 0.3 is 0 Å². The Morgan fingerprint density at radius 2 is 1.17 bits per heavy atom. The first-order chi connectivity index (χ1) is 16.8. The molecule has 2 N–H and O–H groups in total. The number of carbonyl (C=O) groups excluding carboxylic acids is 2. The summed E-state index contributed by atoms with van der Waals surface area (Å²) in [5.74, 6) is -0.894. The van der Waals surface area contributed by atoms with E-state index >= 15 is 0 Å². The van der Waals surface area contributed by atoms with Crippen LogP contribution in [0.2, 0.25) is 0 Å². The SMILES string of the molecule is O=C(Nc1ccc(C(=O)Nc2nnc(-c3ccc([N+](=O)[O-])cc3)s2)cc1)c1ccc([N+](=O)[O-])cc1. The van der Waals surface area contributed by atoms with Crippen molar-refractivity contribution < 1.29 is 19.4 Å². The lowest BCUT2D eigenvalue weighted by atomic mass is 10.1. The Kier molecular flexibility index (Phi) is 6.50. The topological polar surface area (TPSA) is 170 Å². The molecular formula is C22H14N6O6S. The fourth-order valence-electron chi connectivity index (χ4n) is 2.93. The first-order valence-electron chi connectivity index (χ1n) is 9.86. The molecule has 0 saturated carbocycles. The zero-order valence-corrected chi connectivity index (χ0v) is 18.4. The highest BCUT2D eigenvalue weighted by atomic mass is 32.1. The zero-order valence-electron chi connectivity index (χ0n) is 17.6. The van der Waals surface area contributed by atoms with Crippen LogP contribution in [0.15, 0.2) is 72.8 Å². The molecule has 13 heteroatoms. The summed E-state index contributed by atoms with van der Waals surface area (Å²) in [4.78, 5) is 45.3. The van der Waals surface area contributed by atoms with Crippen molar-refractivity contribution in [2.75, 3.05) is 10.6 Å². The van der Waals surface area contributed by atoms with Crippen molar-refractivity contribution in [3.8, 4) is 10.6 Å². The van der Waals surface area contributed by atoms with Crippen LogP contribution in [-0.2, 0) is 0 Å². The molecule has 4 rings (SSSR count). The third-order valence-electron chi connectivity index (χ3n) is 4.72. The Morgan fingerprint density at radius 1 is 0.686 bits per heavy atom. The van der Waals surface area contributed by atoms with Crippen LogP contribution in [-0.4, -0.2) is 31.9 Å². The lowest BCUT2D eigenvalue weighted by molar-refractivity contribution is -0.385. The van der Waals surface area contributed by atoms with E-state index < -0.39 is 21.7 Å². The average Bonchev–Trinajstić information content (AvgIpc) is 3.33. The van der Waals surface area contributed by atoms with Crippen molar-refractivity contribution in [1.82, 2.24) is 10.2 Å². The number of nitrogens with one attached hydrogen (secondary N) is 2. The molecule has 0 unspecified atom stereocenters. The van der Waals surface area contributed by atoms with Crippen LogP contribution in [0.3, 0.4) is 0 Å². The molecule has 35 heavy (non-hydrogen) atoms. The van der Waals surface area contributed by atoms with Crippen molar-refractivity contribution in [1.29, 1.82) is 0 Å². The number of hydrogen-bond donors (Lipinski definition) is 2. The quantitative estimate of drug-likeness (QED) is 0.281. The molecule has 174 valence electrons. The molecule has 0 atom stereocenters. The third kappa shape index (κ3) is 5.48. The number of benzene rings is 3. The molecule has 1 aromatic heterocycles. The minimum atomic E-state index is -0.552. The summed E-state index contributed by atoms with van der Waals surface area (Å²) in [5, 5.41) is 35.4. The average molecular weight is 490 g/mol. The monoisotopic (exact) mass is 490 g/mol. The molecule has 3 aromatic carbocycles. The summed E-state index contributed by atoms with van der Waals surface area (Å²) in [6.45, 7) is 0. The fraction of sp³-hybridized carbons (Fsp3) is 0. The number of hydrogen-bond acceptors (Lipinski definition) is 9. The Morgan fingerprint density at radius 3 is 1.71 bits per heavy atom. The van der Waals surface area contributed by atoms with Gasteiger partial charge in [0.1, 0.15) is 5.01 Å². The zero-order chi connectivity index (χ0) is 24.9. The van der Waals surface area contributed by atoms with Gasteiger partial charge in [-0.3, -0.25) is 35.1 Å². The van der Waals surface area contributed by atoms with Gasteiger partial charge in [-0.1, -0.05) is 11.3 Å². The summed E-state index contributed by atoms with van der Waals surface area (Å²) in [6.07, 6.45) is 0. The second-order valence-corrected chi connectivity index (χ2v) is 7.98. The van der Waals surface area contributed by atoms with Gasteiger partial charge in [0.15, 0.2) is 0 Å². The number of amides is 2. The molecule has 4 aromatic rings. The number of aromatic nitrogens is 2. The van der Waals surface area contributed by atoms with Crippen LogP contribution in [0.4, 0.5) is 22.2 Å². The summed E-state index contributed by atoms with van der Waals surface area (Å²) in [5.41, 5.74) is 1.46. The van der Waals surface area contributed by atoms with Gasteiger partial charge in [-0.15, -0.1) is 10.2 Å². The van der Waals surface area contributed by atoms with Crippen LogP contribution < -0.4 is 10.6 Å². The molecule has 0 radical (unpaired) electrons. The third-order valence-corrected chi connectivity index (χ3v) is 5.60. The van der Waals surface area contributed by atoms with Crippen LogP contribution in [0.1, 0.15) is 20.7 Å². The fourth-order valence-corrected chi connectivity index (χ4v) is 3.67. The van der Waals surface area contributed by atoms with Gasteiger partial charge in [0.25, 0.3) is 23.2 Å². The van der Waals surface area contributed by atoms with E-state index in [-0.39, 0.29) is 22.1 Å². The maximum atomic E-state index is 12.5. The number of nitrogens with zero attached hydrogens (tertiary/aromatic N) is 4. The van der Waals surface area contributed by atoms with E-state index in [2.05, 4.69) is 20.8 Å². The van der Waals surface area contributed by atoms with Crippen LogP contribution >= 0.6 is 11.3 Å². The van der Waals surface area contributed by atoms with Crippen molar-refractivity contribution in [3.05, 3.63) is 104 Å². The highest BCUT2D eigenvalue weighted by Crippen LogP contribution is 2.28. The van der Waals surface area contributed by atoms with Gasteiger partial charge in [0.05, 0.1) is 9.85 Å². The lowest BCUT2D eigenvalue weighted by Crippen LogP contribution is -2.13. The van der Waals surface area contributed by atoms with Crippen molar-refractivity contribution in [3.63, 3.8) is 0 Å². The predicted octanol–water partition coefficient (Wildman–Crippen LogP) is 4.53. The van der Waals surface area contributed by atoms with Gasteiger partial charge in [0, 0.05) is 46.6 Å². The molecule has 0 spiro atoms. The highest BCUT2D eigenvalue weighted by Gasteiger charge is 2.14. The van der Waals surface area contributed by atoms with E-state index in [1.54, 1.807) is 24.3 Å². The van der Waals surface area contributed by atoms with Crippen LogP contribution in [0, 0.1) is 20.2 Å².